The predicted octanol–water partition coefficient (Wildman–Crippen LogP) is 2.57. The van der Waals surface area contributed by atoms with Crippen LogP contribution in [-0.2, 0) is 4.79 Å². The normalized spacial score (nSPS) is 35.4. The summed E-state index contributed by atoms with van der Waals surface area (Å²) >= 11 is 0. The molecule has 0 radical (unpaired) electrons. The highest BCUT2D eigenvalue weighted by Gasteiger charge is 2.12. The monoisotopic (exact) mass is 152 g/mol. The summed E-state index contributed by atoms with van der Waals surface area (Å²) in [4.78, 5) is 10.5. The van der Waals surface area contributed by atoms with Crippen LogP contribution < -0.4 is 0 Å². The molecule has 0 fully saturated rings. The number of hydrogen-bond donors (Lipinski definition) is 0. The van der Waals surface area contributed by atoms with Crippen LogP contribution in [0.4, 0.5) is 0 Å². The van der Waals surface area contributed by atoms with E-state index in [9.17, 15) is 4.79 Å². The molecule has 2 atom stereocenters. The molecule has 1 nitrogen and oxygen atoms in total. The molecule has 0 bridgehead atoms. The van der Waals surface area contributed by atoms with Gasteiger partial charge in [0.1, 0.15) is 6.29 Å². The number of hydrogen-bond acceptors (Lipinski definition) is 1. The first-order valence-corrected chi connectivity index (χ1v) is 4.43. The molecule has 0 saturated carbocycles. The van der Waals surface area contributed by atoms with E-state index >= 15 is 0 Å². The minimum atomic E-state index is 0.315. The fourth-order valence-electron chi connectivity index (χ4n) is 1.61. The molecule has 2 unspecified atom stereocenters. The van der Waals surface area contributed by atoms with Crippen molar-refractivity contribution in [3.8, 4) is 0 Å². The zero-order valence-electron chi connectivity index (χ0n) is 7.12. The lowest BCUT2D eigenvalue weighted by atomic mass is 9.89. The van der Waals surface area contributed by atoms with Crippen molar-refractivity contribution in [1.29, 1.82) is 0 Å². The Balaban J connectivity index is 2.46. The van der Waals surface area contributed by atoms with Crippen LogP contribution in [0.25, 0.3) is 0 Å². The average molecular weight is 152 g/mol. The van der Waals surface area contributed by atoms with Crippen molar-refractivity contribution in [3.63, 3.8) is 0 Å². The minimum Gasteiger partial charge on any atom is -0.303 e. The van der Waals surface area contributed by atoms with Gasteiger partial charge in [0.2, 0.25) is 0 Å². The van der Waals surface area contributed by atoms with Gasteiger partial charge in [-0.3, -0.25) is 0 Å². The van der Waals surface area contributed by atoms with Crippen LogP contribution >= 0.6 is 0 Å². The Hall–Kier alpha value is -0.590. The number of carbonyl (C=O) groups excluding carboxylic acids is 1. The molecule has 11 heavy (non-hydrogen) atoms. The zero-order chi connectivity index (χ0) is 8.10. The first-order chi connectivity index (χ1) is 5.33. The van der Waals surface area contributed by atoms with Gasteiger partial charge in [0.15, 0.2) is 0 Å². The highest BCUT2D eigenvalue weighted by Crippen LogP contribution is 2.21. The lowest BCUT2D eigenvalue weighted by Gasteiger charge is -2.16. The van der Waals surface area contributed by atoms with Gasteiger partial charge in [-0.15, -0.1) is 0 Å². The van der Waals surface area contributed by atoms with E-state index in [1.54, 1.807) is 0 Å². The van der Waals surface area contributed by atoms with E-state index in [1.807, 2.05) is 0 Å². The fourth-order valence-corrected chi connectivity index (χ4v) is 1.61. The maximum Gasteiger partial charge on any atom is 0.123 e. The Labute approximate surface area is 68.5 Å². The average Bonchev–Trinajstić information content (AvgIpc) is 1.96. The molecular formula is C10H16O. The van der Waals surface area contributed by atoms with Gasteiger partial charge in [0, 0.05) is 5.92 Å². The first-order valence-electron chi connectivity index (χ1n) is 4.43. The van der Waals surface area contributed by atoms with E-state index in [4.69, 9.17) is 0 Å². The molecule has 1 rings (SSSR count). The van der Waals surface area contributed by atoms with E-state index in [-0.39, 0.29) is 0 Å². The smallest absolute Gasteiger partial charge is 0.123 e. The van der Waals surface area contributed by atoms with Gasteiger partial charge in [0.05, 0.1) is 0 Å². The molecule has 1 heteroatoms. The summed E-state index contributed by atoms with van der Waals surface area (Å²) in [6.07, 6.45) is 9.91. The molecule has 0 amide bonds. The highest BCUT2D eigenvalue weighted by molar-refractivity contribution is 5.53. The molecule has 1 aliphatic carbocycles. The molecular weight excluding hydrogens is 136 g/mol. The van der Waals surface area contributed by atoms with Crippen LogP contribution in [0.5, 0.6) is 0 Å². The summed E-state index contributed by atoms with van der Waals surface area (Å²) in [5, 5.41) is 0. The first kappa shape index (κ1) is 8.51. The Morgan fingerprint density at radius 1 is 1.45 bits per heavy atom. The summed E-state index contributed by atoms with van der Waals surface area (Å²) in [5.41, 5.74) is 0. The van der Waals surface area contributed by atoms with Crippen LogP contribution in [0.3, 0.4) is 0 Å². The summed E-state index contributed by atoms with van der Waals surface area (Å²) < 4.78 is 0. The van der Waals surface area contributed by atoms with Crippen LogP contribution in [0.1, 0.15) is 32.6 Å². The summed E-state index contributed by atoms with van der Waals surface area (Å²) in [6, 6.07) is 0. The van der Waals surface area contributed by atoms with Gasteiger partial charge in [-0.2, -0.15) is 0 Å². The van der Waals surface area contributed by atoms with Gasteiger partial charge in [0.25, 0.3) is 0 Å². The minimum absolute atomic E-state index is 0.315. The number of allylic oxidation sites excluding steroid dienone is 2. The van der Waals surface area contributed by atoms with Crippen molar-refractivity contribution in [1.82, 2.24) is 0 Å². The molecule has 0 spiro atoms. The second kappa shape index (κ2) is 4.32. The van der Waals surface area contributed by atoms with E-state index < -0.39 is 0 Å². The fraction of sp³-hybridized carbons (Fsp3) is 0.700. The SMILES string of the molecule is CC1C/C=C\CCC(C=O)C1. The summed E-state index contributed by atoms with van der Waals surface area (Å²) in [6.45, 7) is 2.21. The van der Waals surface area contributed by atoms with Gasteiger partial charge in [-0.05, 0) is 31.6 Å². The Morgan fingerprint density at radius 3 is 3.00 bits per heavy atom. The summed E-state index contributed by atoms with van der Waals surface area (Å²) in [5.74, 6) is 0.997. The van der Waals surface area contributed by atoms with Crippen molar-refractivity contribution >= 4 is 6.29 Å². The van der Waals surface area contributed by atoms with E-state index in [1.165, 1.54) is 0 Å². The molecule has 0 aliphatic heterocycles. The molecule has 0 heterocycles. The van der Waals surface area contributed by atoms with Crippen LogP contribution in [-0.4, -0.2) is 6.29 Å². The lowest BCUT2D eigenvalue weighted by Crippen LogP contribution is -2.08. The molecule has 0 aromatic carbocycles. The van der Waals surface area contributed by atoms with Crippen molar-refractivity contribution in [3.05, 3.63) is 12.2 Å². The van der Waals surface area contributed by atoms with Crippen molar-refractivity contribution < 1.29 is 4.79 Å². The maximum atomic E-state index is 10.5. The Kier molecular flexibility index (Phi) is 3.34. The molecule has 0 N–H and O–H groups in total. The number of aldehydes is 1. The third kappa shape index (κ3) is 2.87. The molecule has 62 valence electrons. The Morgan fingerprint density at radius 2 is 2.27 bits per heavy atom. The quantitative estimate of drug-likeness (QED) is 0.417. The predicted molar refractivity (Wildman–Crippen MR) is 46.3 cm³/mol. The molecule has 0 aromatic rings. The zero-order valence-corrected chi connectivity index (χ0v) is 7.12. The van der Waals surface area contributed by atoms with E-state index in [2.05, 4.69) is 19.1 Å². The van der Waals surface area contributed by atoms with Gasteiger partial charge >= 0.3 is 0 Å². The topological polar surface area (TPSA) is 17.1 Å². The second-order valence-electron chi connectivity index (χ2n) is 3.52. The van der Waals surface area contributed by atoms with Gasteiger partial charge in [-0.1, -0.05) is 19.1 Å². The van der Waals surface area contributed by atoms with Crippen LogP contribution in [0, 0.1) is 11.8 Å². The van der Waals surface area contributed by atoms with Crippen LogP contribution in [0.2, 0.25) is 0 Å². The summed E-state index contributed by atoms with van der Waals surface area (Å²) in [7, 11) is 0. The van der Waals surface area contributed by atoms with Crippen molar-refractivity contribution in [2.75, 3.05) is 0 Å². The van der Waals surface area contributed by atoms with Gasteiger partial charge in [-0.25, -0.2) is 0 Å². The number of rotatable bonds is 1. The second-order valence-corrected chi connectivity index (χ2v) is 3.52. The molecule has 1 aliphatic rings. The standard InChI is InChI=1S/C10H16O/c1-9-5-3-2-4-6-10(7-9)8-11/h2-3,8-10H,4-7H2,1H3/b3-2-. The maximum absolute atomic E-state index is 10.5. The van der Waals surface area contributed by atoms with Gasteiger partial charge < -0.3 is 4.79 Å². The highest BCUT2D eigenvalue weighted by atomic mass is 16.1. The molecule has 0 saturated heterocycles. The van der Waals surface area contributed by atoms with Crippen molar-refractivity contribution in [2.45, 2.75) is 32.6 Å². The molecule has 0 aromatic heterocycles. The largest absolute Gasteiger partial charge is 0.303 e. The Bertz CT molecular complexity index is 149. The van der Waals surface area contributed by atoms with Crippen LogP contribution in [0.15, 0.2) is 12.2 Å². The van der Waals surface area contributed by atoms with E-state index in [0.717, 1.165) is 32.0 Å². The third-order valence-electron chi connectivity index (χ3n) is 2.31. The lowest BCUT2D eigenvalue weighted by molar-refractivity contribution is -0.111. The van der Waals surface area contributed by atoms with Crippen molar-refractivity contribution in [2.24, 2.45) is 11.8 Å². The third-order valence-corrected chi connectivity index (χ3v) is 2.31. The van der Waals surface area contributed by atoms with E-state index in [0.29, 0.717) is 11.8 Å². The number of carbonyl (C=O) groups is 1.